The van der Waals surface area contributed by atoms with Gasteiger partial charge in [0, 0.05) is 10.6 Å². The topological polar surface area (TPSA) is 37.3 Å². The third-order valence-corrected chi connectivity index (χ3v) is 4.81. The van der Waals surface area contributed by atoms with Crippen molar-refractivity contribution in [3.8, 4) is 16.9 Å². The maximum Gasteiger partial charge on any atom is 0.128 e. The van der Waals surface area contributed by atoms with Crippen molar-refractivity contribution < 1.29 is 9.32 Å². The standard InChI is InChI=1S/C14H13IO2S/c1-2-18(17)12-5-3-4-10(8-12)11-6-7-14(16)13(15)9-11/h3-9,16H,2H2,1H3. The number of aromatic hydroxyl groups is 1. The molecule has 0 fully saturated rings. The van der Waals surface area contributed by atoms with E-state index in [0.717, 1.165) is 19.6 Å². The average Bonchev–Trinajstić information content (AvgIpc) is 2.41. The Hall–Kier alpha value is -0.880. The minimum atomic E-state index is -0.935. The number of phenolic OH excluding ortho intramolecular Hbond substituents is 1. The summed E-state index contributed by atoms with van der Waals surface area (Å²) in [6.07, 6.45) is 0. The summed E-state index contributed by atoms with van der Waals surface area (Å²) in [6, 6.07) is 13.2. The molecule has 1 atom stereocenters. The van der Waals surface area contributed by atoms with Gasteiger partial charge in [-0.05, 0) is 58.0 Å². The molecule has 0 spiro atoms. The molecule has 0 aliphatic carbocycles. The van der Waals surface area contributed by atoms with E-state index in [9.17, 15) is 9.32 Å². The van der Waals surface area contributed by atoms with Crippen molar-refractivity contribution in [1.29, 1.82) is 0 Å². The van der Waals surface area contributed by atoms with Gasteiger partial charge < -0.3 is 5.11 Å². The predicted molar refractivity (Wildman–Crippen MR) is 83.2 cm³/mol. The molecule has 2 aromatic rings. The second-order valence-electron chi connectivity index (χ2n) is 3.83. The molecule has 0 saturated heterocycles. The van der Waals surface area contributed by atoms with Crippen molar-refractivity contribution in [2.45, 2.75) is 11.8 Å². The Labute approximate surface area is 123 Å². The molecule has 0 aliphatic heterocycles. The number of benzene rings is 2. The molecular formula is C14H13IO2S. The van der Waals surface area contributed by atoms with Crippen LogP contribution in [0.5, 0.6) is 5.75 Å². The highest BCUT2D eigenvalue weighted by molar-refractivity contribution is 14.1. The van der Waals surface area contributed by atoms with Crippen molar-refractivity contribution in [2.24, 2.45) is 0 Å². The van der Waals surface area contributed by atoms with Crippen LogP contribution < -0.4 is 0 Å². The smallest absolute Gasteiger partial charge is 0.128 e. The Morgan fingerprint density at radius 2 is 1.89 bits per heavy atom. The fourth-order valence-electron chi connectivity index (χ4n) is 1.67. The maximum atomic E-state index is 11.8. The minimum absolute atomic E-state index is 0.285. The third kappa shape index (κ3) is 2.92. The van der Waals surface area contributed by atoms with E-state index in [4.69, 9.17) is 0 Å². The minimum Gasteiger partial charge on any atom is -0.507 e. The summed E-state index contributed by atoms with van der Waals surface area (Å²) in [6.45, 7) is 1.91. The van der Waals surface area contributed by atoms with Gasteiger partial charge in [0.25, 0.3) is 0 Å². The van der Waals surface area contributed by atoms with Crippen molar-refractivity contribution in [1.82, 2.24) is 0 Å². The van der Waals surface area contributed by atoms with Crippen LogP contribution in [0.2, 0.25) is 0 Å². The summed E-state index contributed by atoms with van der Waals surface area (Å²) in [5.74, 6) is 0.906. The summed E-state index contributed by atoms with van der Waals surface area (Å²) in [5, 5.41) is 9.52. The second kappa shape index (κ2) is 5.84. The molecule has 18 heavy (non-hydrogen) atoms. The van der Waals surface area contributed by atoms with E-state index in [2.05, 4.69) is 22.6 Å². The fraction of sp³-hybridized carbons (Fsp3) is 0.143. The fourth-order valence-corrected chi connectivity index (χ4v) is 3.01. The lowest BCUT2D eigenvalue weighted by Crippen LogP contribution is -1.94. The van der Waals surface area contributed by atoms with Gasteiger partial charge in [0.05, 0.1) is 14.4 Å². The Balaban J connectivity index is 2.44. The van der Waals surface area contributed by atoms with Gasteiger partial charge >= 0.3 is 0 Å². The third-order valence-electron chi connectivity index (χ3n) is 2.64. The molecule has 1 unspecified atom stereocenters. The zero-order chi connectivity index (χ0) is 13.1. The van der Waals surface area contributed by atoms with Crippen LogP contribution in [0, 0.1) is 3.57 Å². The highest BCUT2D eigenvalue weighted by Gasteiger charge is 2.05. The molecule has 2 aromatic carbocycles. The Morgan fingerprint density at radius 1 is 1.17 bits per heavy atom. The van der Waals surface area contributed by atoms with E-state index < -0.39 is 10.8 Å². The van der Waals surface area contributed by atoms with Gasteiger partial charge in [-0.15, -0.1) is 0 Å². The van der Waals surface area contributed by atoms with Gasteiger partial charge in [0.1, 0.15) is 5.75 Å². The summed E-state index contributed by atoms with van der Waals surface area (Å²) >= 11 is 2.10. The number of rotatable bonds is 3. The number of hydrogen-bond donors (Lipinski definition) is 1. The van der Waals surface area contributed by atoms with Crippen LogP contribution in [-0.4, -0.2) is 15.1 Å². The van der Waals surface area contributed by atoms with E-state index >= 15 is 0 Å². The van der Waals surface area contributed by atoms with Crippen LogP contribution in [0.1, 0.15) is 6.92 Å². The average molecular weight is 372 g/mol. The molecular weight excluding hydrogens is 359 g/mol. The number of phenols is 1. The van der Waals surface area contributed by atoms with Crippen molar-refractivity contribution >= 4 is 33.4 Å². The molecule has 0 radical (unpaired) electrons. The number of halogens is 1. The molecule has 94 valence electrons. The quantitative estimate of drug-likeness (QED) is 0.833. The summed E-state index contributed by atoms with van der Waals surface area (Å²) in [4.78, 5) is 0.845. The predicted octanol–water partition coefficient (Wildman–Crippen LogP) is 3.79. The van der Waals surface area contributed by atoms with Gasteiger partial charge in [0.2, 0.25) is 0 Å². The van der Waals surface area contributed by atoms with Crippen LogP contribution in [0.4, 0.5) is 0 Å². The Morgan fingerprint density at radius 3 is 2.56 bits per heavy atom. The first-order valence-electron chi connectivity index (χ1n) is 5.59. The van der Waals surface area contributed by atoms with Crippen molar-refractivity contribution in [3.05, 3.63) is 46.0 Å². The monoisotopic (exact) mass is 372 g/mol. The maximum absolute atomic E-state index is 11.8. The largest absolute Gasteiger partial charge is 0.507 e. The summed E-state index contributed by atoms with van der Waals surface area (Å²) < 4.78 is 12.6. The van der Waals surface area contributed by atoms with Gasteiger partial charge in [-0.2, -0.15) is 0 Å². The number of hydrogen-bond acceptors (Lipinski definition) is 2. The van der Waals surface area contributed by atoms with Crippen molar-refractivity contribution in [3.63, 3.8) is 0 Å². The molecule has 0 amide bonds. The van der Waals surface area contributed by atoms with Crippen LogP contribution in [0.15, 0.2) is 47.4 Å². The van der Waals surface area contributed by atoms with Gasteiger partial charge in [0.15, 0.2) is 0 Å². The zero-order valence-electron chi connectivity index (χ0n) is 9.89. The molecule has 0 saturated carbocycles. The summed E-state index contributed by atoms with van der Waals surface area (Å²) in [5.41, 5.74) is 2.04. The molecule has 0 bridgehead atoms. The molecule has 2 nitrogen and oxygen atoms in total. The van der Waals surface area contributed by atoms with Crippen LogP contribution >= 0.6 is 22.6 Å². The first-order chi connectivity index (χ1) is 8.61. The SMILES string of the molecule is CCS(=O)c1cccc(-c2ccc(O)c(I)c2)c1. The van der Waals surface area contributed by atoms with Crippen LogP contribution in [-0.2, 0) is 10.8 Å². The van der Waals surface area contributed by atoms with Crippen LogP contribution in [0.3, 0.4) is 0 Å². The molecule has 0 aliphatic rings. The first kappa shape index (κ1) is 13.5. The van der Waals surface area contributed by atoms with E-state index in [1.54, 1.807) is 6.07 Å². The van der Waals surface area contributed by atoms with E-state index in [1.807, 2.05) is 43.3 Å². The van der Waals surface area contributed by atoms with Gasteiger partial charge in [-0.25, -0.2) is 0 Å². The first-order valence-corrected chi connectivity index (χ1v) is 7.99. The van der Waals surface area contributed by atoms with Gasteiger partial charge in [-0.3, -0.25) is 4.21 Å². The van der Waals surface area contributed by atoms with E-state index in [0.29, 0.717) is 5.75 Å². The molecule has 4 heteroatoms. The molecule has 1 N–H and O–H groups in total. The Kier molecular flexibility index (Phi) is 4.40. The van der Waals surface area contributed by atoms with Gasteiger partial charge in [-0.1, -0.05) is 25.1 Å². The lowest BCUT2D eigenvalue weighted by molar-refractivity contribution is 0.471. The summed E-state index contributed by atoms with van der Waals surface area (Å²) in [7, 11) is -0.935. The normalized spacial score (nSPS) is 12.3. The van der Waals surface area contributed by atoms with Crippen molar-refractivity contribution in [2.75, 3.05) is 5.75 Å². The highest BCUT2D eigenvalue weighted by Crippen LogP contribution is 2.28. The zero-order valence-corrected chi connectivity index (χ0v) is 12.9. The van der Waals surface area contributed by atoms with E-state index in [-0.39, 0.29) is 5.75 Å². The molecule has 2 rings (SSSR count). The second-order valence-corrected chi connectivity index (χ2v) is 6.73. The Bertz CT molecular complexity index is 596. The lowest BCUT2D eigenvalue weighted by Gasteiger charge is -2.06. The van der Waals surface area contributed by atoms with E-state index in [1.165, 1.54) is 0 Å². The molecule has 0 heterocycles. The van der Waals surface area contributed by atoms with Crippen LogP contribution in [0.25, 0.3) is 11.1 Å². The lowest BCUT2D eigenvalue weighted by atomic mass is 10.1. The molecule has 0 aromatic heterocycles. The highest BCUT2D eigenvalue weighted by atomic mass is 127.